The highest BCUT2D eigenvalue weighted by Crippen LogP contribution is 2.15. The zero-order chi connectivity index (χ0) is 8.81. The molecule has 0 aliphatic rings. The van der Waals surface area contributed by atoms with Gasteiger partial charge < -0.3 is 0 Å². The van der Waals surface area contributed by atoms with Crippen molar-refractivity contribution in [3.63, 3.8) is 0 Å². The standard InChI is InChI=1S/C11H13O/c1-10(6-5-9-12)11-7-3-2-4-8-11/h2-8,10H,9H2,1H3/b6-5+. The van der Waals surface area contributed by atoms with Crippen molar-refractivity contribution in [3.8, 4) is 0 Å². The molecule has 0 aliphatic carbocycles. The smallest absolute Gasteiger partial charge is 0.100 e. The first-order valence-corrected chi connectivity index (χ1v) is 4.14. The lowest BCUT2D eigenvalue weighted by molar-refractivity contribution is 0.232. The van der Waals surface area contributed by atoms with Crippen LogP contribution in [0.1, 0.15) is 18.4 Å². The molecule has 0 N–H and O–H groups in total. The van der Waals surface area contributed by atoms with Gasteiger partial charge in [-0.15, -0.1) is 0 Å². The van der Waals surface area contributed by atoms with Crippen molar-refractivity contribution in [1.82, 2.24) is 0 Å². The molecule has 0 saturated heterocycles. The Morgan fingerprint density at radius 2 is 2.00 bits per heavy atom. The van der Waals surface area contributed by atoms with Gasteiger partial charge in [-0.05, 0) is 11.5 Å². The molecule has 1 unspecified atom stereocenters. The van der Waals surface area contributed by atoms with Crippen LogP contribution in [-0.2, 0) is 5.11 Å². The molecule has 0 fully saturated rings. The van der Waals surface area contributed by atoms with Crippen LogP contribution in [0.25, 0.3) is 0 Å². The van der Waals surface area contributed by atoms with Crippen molar-refractivity contribution in [2.24, 2.45) is 0 Å². The van der Waals surface area contributed by atoms with E-state index in [9.17, 15) is 5.11 Å². The lowest BCUT2D eigenvalue weighted by Crippen LogP contribution is -1.87. The van der Waals surface area contributed by atoms with E-state index in [0.717, 1.165) is 0 Å². The summed E-state index contributed by atoms with van der Waals surface area (Å²) in [5.41, 5.74) is 1.25. The van der Waals surface area contributed by atoms with Crippen LogP contribution in [-0.4, -0.2) is 6.61 Å². The van der Waals surface area contributed by atoms with Gasteiger partial charge in [0.1, 0.15) is 6.61 Å². The number of rotatable bonds is 3. The van der Waals surface area contributed by atoms with Crippen LogP contribution in [0.5, 0.6) is 0 Å². The van der Waals surface area contributed by atoms with Crippen molar-refractivity contribution < 1.29 is 5.11 Å². The third kappa shape index (κ3) is 2.51. The summed E-state index contributed by atoms with van der Waals surface area (Å²) in [6.07, 6.45) is 3.61. The molecule has 1 radical (unpaired) electrons. The molecule has 1 atom stereocenters. The lowest BCUT2D eigenvalue weighted by atomic mass is 10.0. The number of hydrogen-bond acceptors (Lipinski definition) is 0. The van der Waals surface area contributed by atoms with Gasteiger partial charge in [-0.2, -0.15) is 0 Å². The minimum absolute atomic E-state index is 0.128. The monoisotopic (exact) mass is 161 g/mol. The Balaban J connectivity index is 2.65. The second kappa shape index (κ2) is 4.73. The molecule has 1 rings (SSSR count). The molecular weight excluding hydrogens is 148 g/mol. The molecular formula is C11H13O. The Morgan fingerprint density at radius 1 is 1.33 bits per heavy atom. The zero-order valence-corrected chi connectivity index (χ0v) is 7.23. The van der Waals surface area contributed by atoms with Crippen LogP contribution >= 0.6 is 0 Å². The molecule has 0 amide bonds. The summed E-state index contributed by atoms with van der Waals surface area (Å²) < 4.78 is 0. The van der Waals surface area contributed by atoms with Crippen molar-refractivity contribution in [3.05, 3.63) is 48.0 Å². The van der Waals surface area contributed by atoms with Crippen LogP contribution in [0, 0.1) is 0 Å². The van der Waals surface area contributed by atoms with Gasteiger partial charge in [0.05, 0.1) is 0 Å². The maximum absolute atomic E-state index is 10.2. The van der Waals surface area contributed by atoms with Crippen LogP contribution in [0.15, 0.2) is 42.5 Å². The summed E-state index contributed by atoms with van der Waals surface area (Å²) in [7, 11) is 0. The molecule has 1 nitrogen and oxygen atoms in total. The van der Waals surface area contributed by atoms with E-state index in [1.165, 1.54) is 5.56 Å². The van der Waals surface area contributed by atoms with Gasteiger partial charge >= 0.3 is 0 Å². The molecule has 63 valence electrons. The van der Waals surface area contributed by atoms with E-state index in [4.69, 9.17) is 0 Å². The van der Waals surface area contributed by atoms with Gasteiger partial charge in [-0.25, -0.2) is 5.11 Å². The fourth-order valence-corrected chi connectivity index (χ4v) is 1.13. The van der Waals surface area contributed by atoms with Crippen molar-refractivity contribution in [1.29, 1.82) is 0 Å². The van der Waals surface area contributed by atoms with Gasteiger partial charge in [0.25, 0.3) is 0 Å². The average Bonchev–Trinajstić information content (AvgIpc) is 2.15. The predicted molar refractivity (Wildman–Crippen MR) is 49.6 cm³/mol. The first-order chi connectivity index (χ1) is 5.84. The van der Waals surface area contributed by atoms with Crippen molar-refractivity contribution in [2.75, 3.05) is 6.61 Å². The summed E-state index contributed by atoms with van der Waals surface area (Å²) in [6.45, 7) is 1.96. The number of hydrogen-bond donors (Lipinski definition) is 0. The quantitative estimate of drug-likeness (QED) is 0.607. The summed E-state index contributed by atoms with van der Waals surface area (Å²) in [6, 6.07) is 10.2. The maximum atomic E-state index is 10.2. The molecule has 0 heterocycles. The summed E-state index contributed by atoms with van der Waals surface area (Å²) in [5, 5.41) is 10.2. The van der Waals surface area contributed by atoms with E-state index in [0.29, 0.717) is 5.92 Å². The molecule has 1 aromatic rings. The molecule has 1 heteroatoms. The number of allylic oxidation sites excluding steroid dienone is 1. The SMILES string of the molecule is CC(/C=C/C[O])c1ccccc1. The van der Waals surface area contributed by atoms with Crippen molar-refractivity contribution >= 4 is 0 Å². The van der Waals surface area contributed by atoms with E-state index < -0.39 is 0 Å². The van der Waals surface area contributed by atoms with E-state index in [1.807, 2.05) is 24.3 Å². The molecule has 0 aromatic heterocycles. The van der Waals surface area contributed by atoms with E-state index in [2.05, 4.69) is 19.1 Å². The third-order valence-electron chi connectivity index (χ3n) is 1.85. The maximum Gasteiger partial charge on any atom is 0.100 e. The van der Waals surface area contributed by atoms with E-state index in [1.54, 1.807) is 6.08 Å². The minimum Gasteiger partial charge on any atom is -0.232 e. The van der Waals surface area contributed by atoms with Gasteiger partial charge in [-0.1, -0.05) is 49.4 Å². The third-order valence-corrected chi connectivity index (χ3v) is 1.85. The Kier molecular flexibility index (Phi) is 3.55. The van der Waals surface area contributed by atoms with Crippen LogP contribution in [0.2, 0.25) is 0 Å². The van der Waals surface area contributed by atoms with Crippen molar-refractivity contribution in [2.45, 2.75) is 12.8 Å². The summed E-state index contributed by atoms with van der Waals surface area (Å²) >= 11 is 0. The second-order valence-electron chi connectivity index (χ2n) is 2.79. The van der Waals surface area contributed by atoms with Gasteiger partial charge in [0.15, 0.2) is 0 Å². The Hall–Kier alpha value is -1.08. The number of benzene rings is 1. The van der Waals surface area contributed by atoms with Gasteiger partial charge in [-0.3, -0.25) is 0 Å². The summed E-state index contributed by atoms with van der Waals surface area (Å²) in [5.74, 6) is 0.347. The van der Waals surface area contributed by atoms with E-state index in [-0.39, 0.29) is 6.61 Å². The van der Waals surface area contributed by atoms with Crippen LogP contribution in [0.4, 0.5) is 0 Å². The highest BCUT2D eigenvalue weighted by Gasteiger charge is 1.97. The van der Waals surface area contributed by atoms with Gasteiger partial charge in [0, 0.05) is 0 Å². The molecule has 12 heavy (non-hydrogen) atoms. The van der Waals surface area contributed by atoms with Crippen LogP contribution < -0.4 is 0 Å². The van der Waals surface area contributed by atoms with E-state index >= 15 is 0 Å². The molecule has 0 aliphatic heterocycles. The topological polar surface area (TPSA) is 19.9 Å². The minimum atomic E-state index is -0.128. The van der Waals surface area contributed by atoms with Crippen LogP contribution in [0.3, 0.4) is 0 Å². The lowest BCUT2D eigenvalue weighted by Gasteiger charge is -2.04. The Morgan fingerprint density at radius 3 is 2.58 bits per heavy atom. The fourth-order valence-electron chi connectivity index (χ4n) is 1.13. The predicted octanol–water partition coefficient (Wildman–Crippen LogP) is 2.78. The molecule has 0 saturated carbocycles. The molecule has 1 aromatic carbocycles. The second-order valence-corrected chi connectivity index (χ2v) is 2.79. The average molecular weight is 161 g/mol. The highest BCUT2D eigenvalue weighted by atomic mass is 16.2. The first kappa shape index (κ1) is 9.01. The molecule has 0 spiro atoms. The Labute approximate surface area is 73.4 Å². The van der Waals surface area contributed by atoms with Gasteiger partial charge in [0.2, 0.25) is 0 Å². The Bertz CT molecular complexity index is 238. The zero-order valence-electron chi connectivity index (χ0n) is 7.23. The fraction of sp³-hybridized carbons (Fsp3) is 0.273. The highest BCUT2D eigenvalue weighted by molar-refractivity contribution is 5.22. The largest absolute Gasteiger partial charge is 0.232 e. The normalized spacial score (nSPS) is 13.5. The first-order valence-electron chi connectivity index (χ1n) is 4.14. The summed E-state index contributed by atoms with van der Waals surface area (Å²) in [4.78, 5) is 0. The molecule has 0 bridgehead atoms.